The minimum atomic E-state index is -0.387. The molecule has 0 amide bonds. The molecule has 23 heavy (non-hydrogen) atoms. The molecule has 0 radical (unpaired) electrons. The molecule has 0 unspecified atom stereocenters. The van der Waals surface area contributed by atoms with Gasteiger partial charge in [-0.05, 0) is 35.9 Å². The Labute approximate surface area is 146 Å². The van der Waals surface area contributed by atoms with Gasteiger partial charge in [0.1, 0.15) is 23.0 Å². The molecular formula is C17H11BrFN3S. The predicted octanol–water partition coefficient (Wildman–Crippen LogP) is 5.19. The quantitative estimate of drug-likeness (QED) is 0.716. The molecule has 6 heteroatoms. The van der Waals surface area contributed by atoms with E-state index in [-0.39, 0.29) is 11.4 Å². The number of anilines is 1. The SMILES string of the molecule is N#CC(C#N)=C(Nc1cccc(F)c1)SCc1cccc(Br)c1. The molecule has 0 atom stereocenters. The van der Waals surface area contributed by atoms with Gasteiger partial charge in [-0.25, -0.2) is 4.39 Å². The van der Waals surface area contributed by atoms with Crippen LogP contribution in [0.1, 0.15) is 5.56 Å². The van der Waals surface area contributed by atoms with E-state index in [0.29, 0.717) is 16.5 Å². The first-order valence-electron chi connectivity index (χ1n) is 6.56. The molecule has 114 valence electrons. The van der Waals surface area contributed by atoms with Crippen molar-refractivity contribution in [2.75, 3.05) is 5.32 Å². The van der Waals surface area contributed by atoms with Crippen molar-refractivity contribution in [3.8, 4) is 12.1 Å². The van der Waals surface area contributed by atoms with Crippen molar-refractivity contribution in [2.45, 2.75) is 5.75 Å². The number of thioether (sulfide) groups is 1. The second-order valence-corrected chi connectivity index (χ2v) is 6.38. The van der Waals surface area contributed by atoms with Crippen molar-refractivity contribution in [1.29, 1.82) is 10.5 Å². The molecule has 0 spiro atoms. The fourth-order valence-corrected chi connectivity index (χ4v) is 3.14. The number of nitrogens with zero attached hydrogens (tertiary/aromatic N) is 2. The van der Waals surface area contributed by atoms with Crippen LogP contribution >= 0.6 is 27.7 Å². The van der Waals surface area contributed by atoms with Crippen molar-refractivity contribution in [3.05, 3.63) is 75.0 Å². The fraction of sp³-hybridized carbons (Fsp3) is 0.0588. The lowest BCUT2D eigenvalue weighted by atomic mass is 10.2. The summed E-state index contributed by atoms with van der Waals surface area (Å²) in [5.74, 6) is 0.186. The second-order valence-electron chi connectivity index (χ2n) is 4.48. The number of allylic oxidation sites excluding steroid dienone is 1. The maximum absolute atomic E-state index is 13.3. The van der Waals surface area contributed by atoms with Gasteiger partial charge >= 0.3 is 0 Å². The van der Waals surface area contributed by atoms with Crippen LogP contribution in [-0.2, 0) is 5.75 Å². The smallest absolute Gasteiger partial charge is 0.159 e. The van der Waals surface area contributed by atoms with Gasteiger partial charge < -0.3 is 5.32 Å². The van der Waals surface area contributed by atoms with E-state index in [4.69, 9.17) is 10.5 Å². The topological polar surface area (TPSA) is 59.6 Å². The zero-order valence-electron chi connectivity index (χ0n) is 11.9. The van der Waals surface area contributed by atoms with E-state index >= 15 is 0 Å². The molecule has 0 aromatic heterocycles. The Hall–Kier alpha value is -2.28. The first-order valence-corrected chi connectivity index (χ1v) is 8.34. The summed E-state index contributed by atoms with van der Waals surface area (Å²) in [6, 6.07) is 17.4. The van der Waals surface area contributed by atoms with Gasteiger partial charge in [-0.2, -0.15) is 10.5 Å². The van der Waals surface area contributed by atoms with Gasteiger partial charge in [0, 0.05) is 15.9 Å². The molecule has 2 aromatic rings. The van der Waals surface area contributed by atoms with Crippen LogP contribution in [-0.4, -0.2) is 0 Å². The van der Waals surface area contributed by atoms with E-state index in [1.807, 2.05) is 36.4 Å². The zero-order chi connectivity index (χ0) is 16.7. The van der Waals surface area contributed by atoms with Crippen LogP contribution in [0.5, 0.6) is 0 Å². The van der Waals surface area contributed by atoms with Crippen molar-refractivity contribution >= 4 is 33.4 Å². The molecule has 0 saturated heterocycles. The van der Waals surface area contributed by atoms with E-state index in [1.165, 1.54) is 23.9 Å². The predicted molar refractivity (Wildman–Crippen MR) is 93.7 cm³/mol. The van der Waals surface area contributed by atoms with Crippen LogP contribution in [0, 0.1) is 28.5 Å². The molecule has 0 saturated carbocycles. The average Bonchev–Trinajstić information content (AvgIpc) is 2.53. The molecule has 0 aliphatic heterocycles. The third-order valence-electron chi connectivity index (χ3n) is 2.81. The average molecular weight is 388 g/mol. The summed E-state index contributed by atoms with van der Waals surface area (Å²) >= 11 is 4.73. The minimum Gasteiger partial charge on any atom is -0.348 e. The van der Waals surface area contributed by atoms with Crippen molar-refractivity contribution in [3.63, 3.8) is 0 Å². The van der Waals surface area contributed by atoms with E-state index in [0.717, 1.165) is 10.0 Å². The molecular weight excluding hydrogens is 377 g/mol. The minimum absolute atomic E-state index is 0.0331. The molecule has 2 rings (SSSR count). The number of benzene rings is 2. The van der Waals surface area contributed by atoms with Crippen LogP contribution < -0.4 is 5.32 Å². The zero-order valence-corrected chi connectivity index (χ0v) is 14.3. The summed E-state index contributed by atoms with van der Waals surface area (Å²) < 4.78 is 14.2. The van der Waals surface area contributed by atoms with Crippen molar-refractivity contribution in [2.24, 2.45) is 0 Å². The van der Waals surface area contributed by atoms with Crippen LogP contribution in [0.15, 0.2) is 63.6 Å². The maximum atomic E-state index is 13.3. The molecule has 0 aliphatic carbocycles. The normalized spacial score (nSPS) is 9.57. The molecule has 3 nitrogen and oxygen atoms in total. The fourth-order valence-electron chi connectivity index (χ4n) is 1.78. The monoisotopic (exact) mass is 387 g/mol. The molecule has 0 bridgehead atoms. The number of nitrogens with one attached hydrogen (secondary N) is 1. The number of hydrogen-bond acceptors (Lipinski definition) is 4. The highest BCUT2D eigenvalue weighted by Crippen LogP contribution is 2.27. The largest absolute Gasteiger partial charge is 0.348 e. The summed E-state index contributed by atoms with van der Waals surface area (Å²) in [5.41, 5.74) is 1.50. The van der Waals surface area contributed by atoms with Crippen molar-refractivity contribution < 1.29 is 4.39 Å². The van der Waals surface area contributed by atoms with Gasteiger partial charge in [0.15, 0.2) is 5.57 Å². The van der Waals surface area contributed by atoms with E-state index < -0.39 is 0 Å². The summed E-state index contributed by atoms with van der Waals surface area (Å²) in [6.45, 7) is 0. The van der Waals surface area contributed by atoms with E-state index in [2.05, 4.69) is 21.2 Å². The number of halogens is 2. The third-order valence-corrected chi connectivity index (χ3v) is 4.37. The van der Waals surface area contributed by atoms with Gasteiger partial charge in [0.25, 0.3) is 0 Å². The Morgan fingerprint density at radius 1 is 1.13 bits per heavy atom. The highest BCUT2D eigenvalue weighted by Gasteiger charge is 2.09. The lowest BCUT2D eigenvalue weighted by Crippen LogP contribution is -2.00. The molecule has 0 heterocycles. The molecule has 0 fully saturated rings. The molecule has 2 aromatic carbocycles. The Morgan fingerprint density at radius 3 is 2.52 bits per heavy atom. The lowest BCUT2D eigenvalue weighted by molar-refractivity contribution is 0.628. The number of hydrogen-bond donors (Lipinski definition) is 1. The van der Waals surface area contributed by atoms with Gasteiger partial charge in [-0.1, -0.05) is 34.1 Å². The first-order chi connectivity index (χ1) is 11.1. The van der Waals surface area contributed by atoms with Crippen LogP contribution in [0.25, 0.3) is 0 Å². The van der Waals surface area contributed by atoms with E-state index in [9.17, 15) is 4.39 Å². The standard InChI is InChI=1S/C17H11BrFN3S/c18-14-4-1-3-12(7-14)11-23-17(13(9-20)10-21)22-16-6-2-5-15(19)8-16/h1-8,22H,11H2. The molecule has 0 aliphatic rings. The first kappa shape index (κ1) is 17.1. The summed E-state index contributed by atoms with van der Waals surface area (Å²) in [7, 11) is 0. The third kappa shape index (κ3) is 5.14. The van der Waals surface area contributed by atoms with Crippen LogP contribution in [0.2, 0.25) is 0 Å². The second kappa shape index (κ2) is 8.38. The summed E-state index contributed by atoms with van der Waals surface area (Å²) in [6.07, 6.45) is 0. The Morgan fingerprint density at radius 2 is 1.87 bits per heavy atom. The Bertz CT molecular complexity index is 805. The maximum Gasteiger partial charge on any atom is 0.159 e. The summed E-state index contributed by atoms with van der Waals surface area (Å²) in [4.78, 5) is 0. The molecule has 1 N–H and O–H groups in total. The van der Waals surface area contributed by atoms with Gasteiger partial charge in [0.2, 0.25) is 0 Å². The highest BCUT2D eigenvalue weighted by atomic mass is 79.9. The van der Waals surface area contributed by atoms with Gasteiger partial charge in [-0.15, -0.1) is 11.8 Å². The van der Waals surface area contributed by atoms with Gasteiger partial charge in [-0.3, -0.25) is 0 Å². The number of nitriles is 2. The van der Waals surface area contributed by atoms with Crippen LogP contribution in [0.4, 0.5) is 10.1 Å². The van der Waals surface area contributed by atoms with E-state index in [1.54, 1.807) is 12.1 Å². The Balaban J connectivity index is 2.21. The lowest BCUT2D eigenvalue weighted by Gasteiger charge is -2.11. The van der Waals surface area contributed by atoms with Crippen LogP contribution in [0.3, 0.4) is 0 Å². The van der Waals surface area contributed by atoms with Gasteiger partial charge in [0.05, 0.1) is 0 Å². The number of rotatable bonds is 5. The highest BCUT2D eigenvalue weighted by molar-refractivity contribution is 9.10. The van der Waals surface area contributed by atoms with Crippen molar-refractivity contribution in [1.82, 2.24) is 0 Å². The summed E-state index contributed by atoms with van der Waals surface area (Å²) in [5, 5.41) is 21.6. The Kier molecular flexibility index (Phi) is 6.22.